The van der Waals surface area contributed by atoms with Crippen LogP contribution in [-0.2, 0) is 0 Å². The van der Waals surface area contributed by atoms with Gasteiger partial charge in [0.25, 0.3) is 5.91 Å². The van der Waals surface area contributed by atoms with Gasteiger partial charge in [-0.1, -0.05) is 58.7 Å². The van der Waals surface area contributed by atoms with E-state index in [1.165, 1.54) is 18.4 Å². The van der Waals surface area contributed by atoms with Gasteiger partial charge in [0.05, 0.1) is 6.04 Å². The minimum Gasteiger partial charge on any atom is -0.355 e. The molecule has 0 spiro atoms. The van der Waals surface area contributed by atoms with Crippen LogP contribution in [0.15, 0.2) is 59.1 Å². The van der Waals surface area contributed by atoms with Crippen LogP contribution < -0.4 is 5.32 Å². The largest absolute Gasteiger partial charge is 0.355 e. The highest BCUT2D eigenvalue weighted by Gasteiger charge is 2.24. The van der Waals surface area contributed by atoms with Crippen LogP contribution >= 0.6 is 11.6 Å². The highest BCUT2D eigenvalue weighted by molar-refractivity contribution is 6.30. The summed E-state index contributed by atoms with van der Waals surface area (Å²) in [6.45, 7) is 4.60. The number of hydrogen-bond donors (Lipinski definition) is 1. The second kappa shape index (κ2) is 8.80. The van der Waals surface area contributed by atoms with Gasteiger partial charge in [-0.3, -0.25) is 9.69 Å². The number of likely N-dealkylation sites (tertiary alicyclic amines) is 1. The molecule has 4 rings (SSSR count). The van der Waals surface area contributed by atoms with Gasteiger partial charge in [-0.05, 0) is 50.6 Å². The molecule has 6 heteroatoms. The van der Waals surface area contributed by atoms with Crippen LogP contribution in [0.25, 0.3) is 11.3 Å². The van der Waals surface area contributed by atoms with Crippen LogP contribution in [0.5, 0.6) is 0 Å². The topological polar surface area (TPSA) is 58.4 Å². The number of amides is 1. The molecular formula is C23H24ClN3O2. The second-order valence-electron chi connectivity index (χ2n) is 7.46. The van der Waals surface area contributed by atoms with Crippen LogP contribution in [-0.4, -0.2) is 35.6 Å². The van der Waals surface area contributed by atoms with E-state index in [4.69, 9.17) is 16.1 Å². The minimum atomic E-state index is -0.231. The Hall–Kier alpha value is -2.63. The summed E-state index contributed by atoms with van der Waals surface area (Å²) in [4.78, 5) is 15.1. The van der Waals surface area contributed by atoms with Crippen molar-refractivity contribution in [1.82, 2.24) is 15.4 Å². The van der Waals surface area contributed by atoms with Crippen LogP contribution in [0.2, 0.25) is 5.02 Å². The molecule has 1 atom stereocenters. The summed E-state index contributed by atoms with van der Waals surface area (Å²) in [6.07, 6.45) is 2.36. The molecule has 0 saturated carbocycles. The first-order valence-corrected chi connectivity index (χ1v) is 10.3. The molecule has 150 valence electrons. The van der Waals surface area contributed by atoms with Gasteiger partial charge in [-0.25, -0.2) is 0 Å². The molecule has 1 N–H and O–H groups in total. The maximum absolute atomic E-state index is 12.7. The SMILES string of the molecule is Cc1ccc(-c2cc(C(=O)NCC(c3ccc(Cl)cc3)N3CCCC3)no2)cc1. The van der Waals surface area contributed by atoms with Gasteiger partial charge in [-0.2, -0.15) is 0 Å². The van der Waals surface area contributed by atoms with Crippen molar-refractivity contribution in [2.45, 2.75) is 25.8 Å². The number of rotatable bonds is 6. The van der Waals surface area contributed by atoms with Gasteiger partial charge in [0.15, 0.2) is 11.5 Å². The number of halogens is 1. The Morgan fingerprint density at radius 1 is 1.14 bits per heavy atom. The molecule has 1 unspecified atom stereocenters. The zero-order valence-electron chi connectivity index (χ0n) is 16.4. The molecule has 0 aliphatic carbocycles. The molecule has 1 saturated heterocycles. The number of nitrogens with one attached hydrogen (secondary N) is 1. The van der Waals surface area contributed by atoms with Crippen molar-refractivity contribution in [1.29, 1.82) is 0 Å². The third-order valence-electron chi connectivity index (χ3n) is 5.37. The lowest BCUT2D eigenvalue weighted by Gasteiger charge is -2.28. The lowest BCUT2D eigenvalue weighted by Crippen LogP contribution is -2.36. The van der Waals surface area contributed by atoms with E-state index in [2.05, 4.69) is 15.4 Å². The van der Waals surface area contributed by atoms with Crippen molar-refractivity contribution >= 4 is 17.5 Å². The maximum atomic E-state index is 12.7. The number of carbonyl (C=O) groups excluding carboxylic acids is 1. The number of hydrogen-bond acceptors (Lipinski definition) is 4. The Morgan fingerprint density at radius 2 is 1.83 bits per heavy atom. The van der Waals surface area contributed by atoms with Crippen molar-refractivity contribution in [3.8, 4) is 11.3 Å². The quantitative estimate of drug-likeness (QED) is 0.631. The van der Waals surface area contributed by atoms with Crippen LogP contribution in [0, 0.1) is 6.92 Å². The van der Waals surface area contributed by atoms with Gasteiger partial charge >= 0.3 is 0 Å². The standard InChI is InChI=1S/C23H24ClN3O2/c1-16-4-6-18(7-5-16)22-14-20(26-29-22)23(28)25-15-21(27-12-2-3-13-27)17-8-10-19(24)11-9-17/h4-11,14,21H,2-3,12-13,15H2,1H3,(H,25,28). The Balaban J connectivity index is 1.45. The minimum absolute atomic E-state index is 0.113. The molecule has 0 bridgehead atoms. The molecule has 1 aliphatic rings. The van der Waals surface area contributed by atoms with Crippen molar-refractivity contribution in [2.24, 2.45) is 0 Å². The van der Waals surface area contributed by atoms with Crippen LogP contribution in [0.3, 0.4) is 0 Å². The normalized spacial score (nSPS) is 15.4. The summed E-state index contributed by atoms with van der Waals surface area (Å²) in [5.74, 6) is 0.356. The van der Waals surface area contributed by atoms with Crippen molar-refractivity contribution in [3.05, 3.63) is 76.4 Å². The summed E-state index contributed by atoms with van der Waals surface area (Å²) in [5.41, 5.74) is 3.51. The summed E-state index contributed by atoms with van der Waals surface area (Å²) >= 11 is 6.04. The molecule has 1 fully saturated rings. The lowest BCUT2D eigenvalue weighted by molar-refractivity contribution is 0.0929. The van der Waals surface area contributed by atoms with Crippen LogP contribution in [0.4, 0.5) is 0 Å². The fourth-order valence-electron chi connectivity index (χ4n) is 3.71. The van der Waals surface area contributed by atoms with E-state index in [9.17, 15) is 4.79 Å². The van der Waals surface area contributed by atoms with Crippen molar-refractivity contribution in [3.63, 3.8) is 0 Å². The van der Waals surface area contributed by atoms with Gasteiger partial charge in [-0.15, -0.1) is 0 Å². The Labute approximate surface area is 175 Å². The third kappa shape index (κ3) is 4.69. The average Bonchev–Trinajstić information content (AvgIpc) is 3.42. The number of nitrogens with zero attached hydrogens (tertiary/aromatic N) is 2. The fraction of sp³-hybridized carbons (Fsp3) is 0.304. The van der Waals surface area contributed by atoms with Gasteiger partial charge in [0.1, 0.15) is 0 Å². The van der Waals surface area contributed by atoms with E-state index in [1.807, 2.05) is 55.5 Å². The molecule has 29 heavy (non-hydrogen) atoms. The summed E-state index contributed by atoms with van der Waals surface area (Å²) in [6, 6.07) is 17.6. The number of benzene rings is 2. The maximum Gasteiger partial charge on any atom is 0.273 e. The molecule has 2 aromatic carbocycles. The second-order valence-corrected chi connectivity index (χ2v) is 7.90. The smallest absolute Gasteiger partial charge is 0.273 e. The van der Waals surface area contributed by atoms with Crippen molar-refractivity contribution in [2.75, 3.05) is 19.6 Å². The average molecular weight is 410 g/mol. The van der Waals surface area contributed by atoms with E-state index in [0.717, 1.165) is 24.2 Å². The van der Waals surface area contributed by atoms with E-state index in [1.54, 1.807) is 6.07 Å². The molecule has 3 aromatic rings. The Morgan fingerprint density at radius 3 is 2.52 bits per heavy atom. The van der Waals surface area contributed by atoms with Crippen molar-refractivity contribution < 1.29 is 9.32 Å². The van der Waals surface area contributed by atoms with Gasteiger partial charge in [0.2, 0.25) is 0 Å². The first-order valence-electron chi connectivity index (χ1n) is 9.91. The predicted octanol–water partition coefficient (Wildman–Crippen LogP) is 4.87. The molecule has 1 amide bonds. The Kier molecular flexibility index (Phi) is 5.97. The van der Waals surface area contributed by atoms with Gasteiger partial charge in [0, 0.05) is 23.2 Å². The molecule has 2 heterocycles. The monoisotopic (exact) mass is 409 g/mol. The van der Waals surface area contributed by atoms with E-state index in [0.29, 0.717) is 17.3 Å². The van der Waals surface area contributed by atoms with E-state index in [-0.39, 0.29) is 17.6 Å². The molecular weight excluding hydrogens is 386 g/mol. The zero-order valence-corrected chi connectivity index (χ0v) is 17.2. The first-order chi connectivity index (χ1) is 14.1. The predicted molar refractivity (Wildman–Crippen MR) is 114 cm³/mol. The van der Waals surface area contributed by atoms with Gasteiger partial charge < -0.3 is 9.84 Å². The lowest BCUT2D eigenvalue weighted by atomic mass is 10.1. The van der Waals surface area contributed by atoms with Crippen LogP contribution in [0.1, 0.15) is 40.5 Å². The summed E-state index contributed by atoms with van der Waals surface area (Å²) < 4.78 is 5.38. The number of aryl methyl sites for hydroxylation is 1. The summed E-state index contributed by atoms with van der Waals surface area (Å²) in [5, 5.41) is 7.70. The first kappa shape index (κ1) is 19.7. The highest BCUT2D eigenvalue weighted by atomic mass is 35.5. The zero-order chi connectivity index (χ0) is 20.2. The summed E-state index contributed by atoms with van der Waals surface area (Å²) in [7, 11) is 0. The molecule has 1 aliphatic heterocycles. The number of aromatic nitrogens is 1. The molecule has 1 aromatic heterocycles. The highest BCUT2D eigenvalue weighted by Crippen LogP contribution is 2.26. The molecule has 5 nitrogen and oxygen atoms in total. The van der Waals surface area contributed by atoms with E-state index >= 15 is 0 Å². The fourth-order valence-corrected chi connectivity index (χ4v) is 3.84. The Bertz CT molecular complexity index is 961. The molecule has 0 radical (unpaired) electrons. The van der Waals surface area contributed by atoms with E-state index < -0.39 is 0 Å². The number of carbonyl (C=O) groups is 1. The third-order valence-corrected chi connectivity index (χ3v) is 5.62.